The minimum Gasteiger partial charge on any atom is -0.493 e. The van der Waals surface area contributed by atoms with E-state index in [0.29, 0.717) is 29.6 Å². The van der Waals surface area contributed by atoms with Gasteiger partial charge in [0.25, 0.3) is 5.91 Å². The summed E-state index contributed by atoms with van der Waals surface area (Å²) in [6.45, 7) is 1.82. The second kappa shape index (κ2) is 10.5. The fourth-order valence-electron chi connectivity index (χ4n) is 4.58. The second-order valence-electron chi connectivity index (χ2n) is 8.84. The highest BCUT2D eigenvalue weighted by Gasteiger charge is 2.23. The number of carbonyl (C=O) groups is 1. The van der Waals surface area contributed by atoms with Crippen molar-refractivity contribution in [2.24, 2.45) is 5.92 Å². The lowest BCUT2D eigenvalue weighted by molar-refractivity contribution is 0.0759. The first-order chi connectivity index (χ1) is 17.2. The number of nitrogens with zero attached hydrogens (tertiary/aromatic N) is 5. The van der Waals surface area contributed by atoms with E-state index >= 15 is 0 Å². The molecule has 0 radical (unpaired) electrons. The molecule has 8 heteroatoms. The van der Waals surface area contributed by atoms with Crippen LogP contribution < -0.4 is 9.47 Å². The molecule has 0 bridgehead atoms. The van der Waals surface area contributed by atoms with Gasteiger partial charge in [0.2, 0.25) is 0 Å². The minimum absolute atomic E-state index is 0.0261. The van der Waals surface area contributed by atoms with Crippen LogP contribution >= 0.6 is 0 Å². The van der Waals surface area contributed by atoms with E-state index in [-0.39, 0.29) is 5.91 Å². The maximum Gasteiger partial charge on any atom is 0.253 e. The molecule has 1 saturated heterocycles. The van der Waals surface area contributed by atoms with Crippen LogP contribution in [0.1, 0.15) is 41.0 Å². The summed E-state index contributed by atoms with van der Waals surface area (Å²) < 4.78 is 13.4. The molecule has 4 heterocycles. The van der Waals surface area contributed by atoms with Gasteiger partial charge in [0.1, 0.15) is 6.61 Å². The maximum absolute atomic E-state index is 13.3. The molecule has 35 heavy (non-hydrogen) atoms. The van der Waals surface area contributed by atoms with Crippen LogP contribution in [0, 0.1) is 5.92 Å². The Kier molecular flexibility index (Phi) is 6.88. The zero-order valence-electron chi connectivity index (χ0n) is 19.8. The molecule has 0 unspecified atom stereocenters. The molecular weight excluding hydrogens is 442 g/mol. The lowest BCUT2D eigenvalue weighted by Crippen LogP contribution is -2.32. The number of amides is 1. The van der Waals surface area contributed by atoms with Crippen molar-refractivity contribution in [2.45, 2.75) is 32.3 Å². The number of ether oxygens (including phenoxy) is 2. The Labute approximate surface area is 204 Å². The van der Waals surface area contributed by atoms with Crippen molar-refractivity contribution in [1.29, 1.82) is 0 Å². The highest BCUT2D eigenvalue weighted by molar-refractivity contribution is 5.95. The predicted octanol–water partition coefficient (Wildman–Crippen LogP) is 4.20. The number of pyridine rings is 1. The Morgan fingerprint density at radius 1 is 1.03 bits per heavy atom. The van der Waals surface area contributed by atoms with Gasteiger partial charge in [-0.05, 0) is 61.9 Å². The summed E-state index contributed by atoms with van der Waals surface area (Å²) in [5, 5.41) is 0. The third-order valence-electron chi connectivity index (χ3n) is 6.48. The van der Waals surface area contributed by atoms with Crippen LogP contribution in [-0.2, 0) is 13.0 Å². The summed E-state index contributed by atoms with van der Waals surface area (Å²) in [4.78, 5) is 28.4. The molecule has 8 nitrogen and oxygen atoms in total. The largest absolute Gasteiger partial charge is 0.493 e. The van der Waals surface area contributed by atoms with Gasteiger partial charge < -0.3 is 18.8 Å². The molecule has 0 spiro atoms. The first kappa shape index (κ1) is 22.8. The Balaban J connectivity index is 1.20. The fourth-order valence-corrected chi connectivity index (χ4v) is 4.58. The molecule has 1 aromatic carbocycles. The topological polar surface area (TPSA) is 81.9 Å². The van der Waals surface area contributed by atoms with Crippen molar-refractivity contribution >= 4 is 11.6 Å². The van der Waals surface area contributed by atoms with Gasteiger partial charge >= 0.3 is 0 Å². The lowest BCUT2D eigenvalue weighted by Gasteiger charge is -2.21. The number of benzene rings is 1. The molecule has 3 aromatic heterocycles. The van der Waals surface area contributed by atoms with E-state index in [2.05, 4.69) is 21.1 Å². The van der Waals surface area contributed by atoms with Gasteiger partial charge in [-0.3, -0.25) is 14.8 Å². The average molecular weight is 472 g/mol. The first-order valence-electron chi connectivity index (χ1n) is 12.0. The molecule has 1 aliphatic heterocycles. The number of hydrogen-bond acceptors (Lipinski definition) is 6. The number of carbonyl (C=O) groups excluding carboxylic acids is 1. The van der Waals surface area contributed by atoms with Crippen molar-refractivity contribution in [2.75, 3.05) is 20.2 Å². The summed E-state index contributed by atoms with van der Waals surface area (Å²) in [5.74, 6) is 1.66. The van der Waals surface area contributed by atoms with Crippen LogP contribution in [0.2, 0.25) is 0 Å². The van der Waals surface area contributed by atoms with E-state index in [9.17, 15) is 4.79 Å². The number of hydrogen-bond donors (Lipinski definition) is 0. The van der Waals surface area contributed by atoms with Crippen LogP contribution in [0.15, 0.2) is 67.4 Å². The molecule has 0 saturated carbocycles. The molecule has 4 aromatic rings. The normalized spacial score (nSPS) is 16.1. The van der Waals surface area contributed by atoms with E-state index in [4.69, 9.17) is 9.47 Å². The zero-order valence-corrected chi connectivity index (χ0v) is 19.8. The molecule has 180 valence electrons. The van der Waals surface area contributed by atoms with Gasteiger partial charge in [0, 0.05) is 43.4 Å². The van der Waals surface area contributed by atoms with Crippen LogP contribution in [0.4, 0.5) is 0 Å². The van der Waals surface area contributed by atoms with Crippen LogP contribution in [0.5, 0.6) is 11.5 Å². The smallest absolute Gasteiger partial charge is 0.253 e. The van der Waals surface area contributed by atoms with Crippen molar-refractivity contribution in [1.82, 2.24) is 24.3 Å². The average Bonchev–Trinajstić information content (AvgIpc) is 3.25. The van der Waals surface area contributed by atoms with E-state index in [1.54, 1.807) is 31.6 Å². The first-order valence-corrected chi connectivity index (χ1v) is 12.0. The highest BCUT2D eigenvalue weighted by Crippen LogP contribution is 2.30. The number of fused-ring (bicyclic) bond motifs is 1. The van der Waals surface area contributed by atoms with Gasteiger partial charge in [-0.25, -0.2) is 4.98 Å². The van der Waals surface area contributed by atoms with Gasteiger partial charge in [-0.15, -0.1) is 0 Å². The predicted molar refractivity (Wildman–Crippen MR) is 131 cm³/mol. The van der Waals surface area contributed by atoms with Crippen molar-refractivity contribution in [3.8, 4) is 11.5 Å². The monoisotopic (exact) mass is 471 g/mol. The number of rotatable bonds is 7. The Bertz CT molecular complexity index is 1290. The minimum atomic E-state index is 0.0261. The Morgan fingerprint density at radius 3 is 2.83 bits per heavy atom. The molecular formula is C27H29N5O3. The number of aromatic nitrogens is 4. The van der Waals surface area contributed by atoms with Crippen LogP contribution in [-0.4, -0.2) is 50.4 Å². The third-order valence-corrected chi connectivity index (χ3v) is 6.48. The summed E-state index contributed by atoms with van der Waals surface area (Å²) >= 11 is 0. The van der Waals surface area contributed by atoms with E-state index in [1.807, 2.05) is 46.0 Å². The highest BCUT2D eigenvalue weighted by atomic mass is 16.5. The van der Waals surface area contributed by atoms with Gasteiger partial charge in [0.05, 0.1) is 24.7 Å². The van der Waals surface area contributed by atoms with Crippen molar-refractivity contribution in [3.63, 3.8) is 0 Å². The Hall–Kier alpha value is -3.94. The van der Waals surface area contributed by atoms with Gasteiger partial charge in [0.15, 0.2) is 17.1 Å². The molecule has 1 amide bonds. The fraction of sp³-hybridized carbons (Fsp3) is 0.333. The number of methoxy groups -OCH3 is 1. The third kappa shape index (κ3) is 5.42. The summed E-state index contributed by atoms with van der Waals surface area (Å²) in [5.41, 5.74) is 3.35. The Morgan fingerprint density at radius 2 is 1.97 bits per heavy atom. The zero-order chi connectivity index (χ0) is 24.0. The number of likely N-dealkylation sites (tertiary alicyclic amines) is 1. The van der Waals surface area contributed by atoms with E-state index in [0.717, 1.165) is 55.8 Å². The van der Waals surface area contributed by atoms with Gasteiger partial charge in [-0.2, -0.15) is 0 Å². The van der Waals surface area contributed by atoms with Crippen LogP contribution in [0.25, 0.3) is 5.65 Å². The second-order valence-corrected chi connectivity index (χ2v) is 8.84. The molecule has 1 fully saturated rings. The molecule has 0 aliphatic carbocycles. The SMILES string of the molecule is COc1cc(C(=O)N2CCC[C@H](Cc3cn4ccnc4cn3)CC2)ccc1OCc1ccccn1. The molecule has 0 N–H and O–H groups in total. The van der Waals surface area contributed by atoms with Crippen molar-refractivity contribution < 1.29 is 14.3 Å². The summed E-state index contributed by atoms with van der Waals surface area (Å²) in [6, 6.07) is 11.1. The van der Waals surface area contributed by atoms with Crippen LogP contribution in [0.3, 0.4) is 0 Å². The molecule has 1 atom stereocenters. The summed E-state index contributed by atoms with van der Waals surface area (Å²) in [6.07, 6.45) is 13.3. The van der Waals surface area contributed by atoms with Crippen molar-refractivity contribution in [3.05, 3.63) is 84.3 Å². The summed E-state index contributed by atoms with van der Waals surface area (Å²) in [7, 11) is 1.59. The van der Waals surface area contributed by atoms with E-state index < -0.39 is 0 Å². The van der Waals surface area contributed by atoms with E-state index in [1.165, 1.54) is 0 Å². The quantitative estimate of drug-likeness (QED) is 0.402. The lowest BCUT2D eigenvalue weighted by atomic mass is 9.95. The molecule has 5 rings (SSSR count). The standard InChI is InChI=1S/C27H29N5O3/c1-34-25-16-21(7-8-24(25)35-19-22-6-2-3-10-28-22)27(33)31-12-4-5-20(9-13-31)15-23-18-32-14-11-29-26(32)17-30-23/h2-3,6-8,10-11,14,16-18,20H,4-5,9,12-13,15,19H2,1H3/t20-/m0/s1. The van der Waals surface area contributed by atoms with Gasteiger partial charge in [-0.1, -0.05) is 6.07 Å². The maximum atomic E-state index is 13.3. The number of imidazole rings is 1. The molecule has 1 aliphatic rings.